The van der Waals surface area contributed by atoms with E-state index < -0.39 is 0 Å². The third-order valence-electron chi connectivity index (χ3n) is 7.50. The molecule has 4 nitrogen and oxygen atoms in total. The van der Waals surface area contributed by atoms with Crippen LogP contribution in [0.2, 0.25) is 0 Å². The first-order valence-corrected chi connectivity index (χ1v) is 9.15. The SMILES string of the molecule is COC1CC[C@H]2C3CCC4=CC(=O)NC=CC4(C)[C@H]3C(=O)CC12C. The number of amides is 1. The van der Waals surface area contributed by atoms with Crippen molar-refractivity contribution < 1.29 is 14.3 Å². The number of fused-ring (bicyclic) bond motifs is 5. The van der Waals surface area contributed by atoms with Crippen LogP contribution >= 0.6 is 0 Å². The maximum absolute atomic E-state index is 13.3. The average molecular weight is 329 g/mol. The topological polar surface area (TPSA) is 55.4 Å². The summed E-state index contributed by atoms with van der Waals surface area (Å²) < 4.78 is 5.75. The molecule has 0 saturated heterocycles. The van der Waals surface area contributed by atoms with Gasteiger partial charge in [0.25, 0.3) is 0 Å². The fourth-order valence-electron chi connectivity index (χ4n) is 6.39. The summed E-state index contributed by atoms with van der Waals surface area (Å²) in [5.74, 6) is 1.22. The van der Waals surface area contributed by atoms with E-state index in [0.717, 1.165) is 31.3 Å². The highest BCUT2D eigenvalue weighted by Gasteiger charge is 2.61. The van der Waals surface area contributed by atoms with Gasteiger partial charge in [0.05, 0.1) is 6.10 Å². The van der Waals surface area contributed by atoms with Gasteiger partial charge in [-0.3, -0.25) is 9.59 Å². The molecule has 24 heavy (non-hydrogen) atoms. The zero-order valence-electron chi connectivity index (χ0n) is 14.8. The monoisotopic (exact) mass is 329 g/mol. The molecule has 4 aliphatic rings. The van der Waals surface area contributed by atoms with Gasteiger partial charge in [0.1, 0.15) is 5.78 Å². The number of methoxy groups -OCH3 is 1. The summed E-state index contributed by atoms with van der Waals surface area (Å²) in [6.07, 6.45) is 10.5. The fourth-order valence-corrected chi connectivity index (χ4v) is 6.39. The highest BCUT2D eigenvalue weighted by molar-refractivity contribution is 5.91. The van der Waals surface area contributed by atoms with Crippen molar-refractivity contribution >= 4 is 11.7 Å². The number of hydrogen-bond acceptors (Lipinski definition) is 3. The Bertz CT molecular complexity index is 651. The number of carbonyl (C=O) groups is 2. The quantitative estimate of drug-likeness (QED) is 0.804. The Hall–Kier alpha value is -1.42. The summed E-state index contributed by atoms with van der Waals surface area (Å²) in [6.45, 7) is 4.41. The average Bonchev–Trinajstić information content (AvgIpc) is 2.76. The van der Waals surface area contributed by atoms with E-state index in [1.54, 1.807) is 19.4 Å². The lowest BCUT2D eigenvalue weighted by atomic mass is 9.48. The Kier molecular flexibility index (Phi) is 3.54. The number of carbonyl (C=O) groups excluding carboxylic acids is 2. The van der Waals surface area contributed by atoms with Crippen molar-refractivity contribution in [2.75, 3.05) is 7.11 Å². The lowest BCUT2D eigenvalue weighted by Crippen LogP contribution is -2.54. The van der Waals surface area contributed by atoms with Gasteiger partial charge < -0.3 is 10.1 Å². The molecule has 4 rings (SSSR count). The van der Waals surface area contributed by atoms with Gasteiger partial charge in [0.2, 0.25) is 5.91 Å². The van der Waals surface area contributed by atoms with Crippen LogP contribution in [0.15, 0.2) is 23.9 Å². The van der Waals surface area contributed by atoms with Gasteiger partial charge in [-0.15, -0.1) is 0 Å². The standard InChI is InChI=1S/C20H27NO3/c1-19-8-9-21-17(23)10-12(19)4-5-13-14-6-7-16(24-3)20(14,2)11-15(22)18(13)19/h8-10,13-14,16,18H,4-7,11H2,1-3H3,(H,21,23)/t13?,14-,16?,18+,19?,20?/m0/s1. The van der Waals surface area contributed by atoms with Gasteiger partial charge in [0.15, 0.2) is 0 Å². The number of ketones is 1. The maximum atomic E-state index is 13.3. The molecule has 4 heteroatoms. The van der Waals surface area contributed by atoms with Crippen LogP contribution < -0.4 is 5.32 Å². The molecule has 130 valence electrons. The van der Waals surface area contributed by atoms with Crippen LogP contribution in [0.5, 0.6) is 0 Å². The summed E-state index contributed by atoms with van der Waals surface area (Å²) >= 11 is 0. The summed E-state index contributed by atoms with van der Waals surface area (Å²) in [5.41, 5.74) is 0.770. The lowest BCUT2D eigenvalue weighted by molar-refractivity contribution is -0.146. The van der Waals surface area contributed by atoms with E-state index in [0.29, 0.717) is 24.0 Å². The first kappa shape index (κ1) is 16.1. The van der Waals surface area contributed by atoms with Crippen LogP contribution in [-0.4, -0.2) is 24.9 Å². The van der Waals surface area contributed by atoms with Gasteiger partial charge in [-0.25, -0.2) is 0 Å². The molecule has 1 amide bonds. The predicted molar refractivity (Wildman–Crippen MR) is 90.9 cm³/mol. The number of rotatable bonds is 1. The summed E-state index contributed by atoms with van der Waals surface area (Å²) in [6, 6.07) is 0. The Morgan fingerprint density at radius 2 is 2.00 bits per heavy atom. The third-order valence-corrected chi connectivity index (χ3v) is 7.50. The van der Waals surface area contributed by atoms with Gasteiger partial charge >= 0.3 is 0 Å². The minimum absolute atomic E-state index is 0.00451. The van der Waals surface area contributed by atoms with Crippen molar-refractivity contribution in [1.82, 2.24) is 5.32 Å². The first-order chi connectivity index (χ1) is 11.4. The fraction of sp³-hybridized carbons (Fsp3) is 0.700. The maximum Gasteiger partial charge on any atom is 0.247 e. The molecular weight excluding hydrogens is 302 g/mol. The Balaban J connectivity index is 1.76. The molecule has 1 aliphatic heterocycles. The molecule has 1 N–H and O–H groups in total. The van der Waals surface area contributed by atoms with Gasteiger partial charge in [-0.2, -0.15) is 0 Å². The molecule has 4 unspecified atom stereocenters. The van der Waals surface area contributed by atoms with Crippen LogP contribution in [0.3, 0.4) is 0 Å². The number of Topliss-reactive ketones (excluding diaryl/α,β-unsaturated/α-hetero) is 1. The second kappa shape index (κ2) is 5.29. The molecule has 1 heterocycles. The predicted octanol–water partition coefficient (Wildman–Crippen LogP) is 2.99. The van der Waals surface area contributed by atoms with Crippen molar-refractivity contribution in [1.29, 1.82) is 0 Å². The van der Waals surface area contributed by atoms with Crippen molar-refractivity contribution in [3.8, 4) is 0 Å². The summed E-state index contributed by atoms with van der Waals surface area (Å²) in [5, 5.41) is 2.78. The minimum Gasteiger partial charge on any atom is -0.381 e. The smallest absolute Gasteiger partial charge is 0.247 e. The van der Waals surface area contributed by atoms with E-state index in [2.05, 4.69) is 25.2 Å². The number of hydrogen-bond donors (Lipinski definition) is 1. The van der Waals surface area contributed by atoms with E-state index in [1.165, 1.54) is 0 Å². The van der Waals surface area contributed by atoms with E-state index in [9.17, 15) is 9.59 Å². The zero-order valence-corrected chi connectivity index (χ0v) is 14.8. The zero-order chi connectivity index (χ0) is 17.1. The van der Waals surface area contributed by atoms with E-state index in [-0.39, 0.29) is 28.8 Å². The molecule has 6 atom stereocenters. The normalized spacial score (nSPS) is 47.2. The highest BCUT2D eigenvalue weighted by Crippen LogP contribution is 2.63. The van der Waals surface area contributed by atoms with E-state index >= 15 is 0 Å². The van der Waals surface area contributed by atoms with Gasteiger partial charge in [0, 0.05) is 42.6 Å². The van der Waals surface area contributed by atoms with Crippen LogP contribution in [0.25, 0.3) is 0 Å². The van der Waals surface area contributed by atoms with Gasteiger partial charge in [-0.1, -0.05) is 25.5 Å². The Morgan fingerprint density at radius 1 is 1.21 bits per heavy atom. The Labute approximate surface area is 143 Å². The second-order valence-corrected chi connectivity index (χ2v) is 8.53. The van der Waals surface area contributed by atoms with Crippen LogP contribution in [0, 0.1) is 28.6 Å². The van der Waals surface area contributed by atoms with E-state index in [4.69, 9.17) is 4.74 Å². The summed E-state index contributed by atoms with van der Waals surface area (Å²) in [7, 11) is 1.78. The summed E-state index contributed by atoms with van der Waals surface area (Å²) in [4.78, 5) is 25.2. The van der Waals surface area contributed by atoms with Crippen LogP contribution in [-0.2, 0) is 14.3 Å². The highest BCUT2D eigenvalue weighted by atomic mass is 16.5. The molecule has 3 saturated carbocycles. The van der Waals surface area contributed by atoms with Crippen molar-refractivity contribution in [2.24, 2.45) is 28.6 Å². The Morgan fingerprint density at radius 3 is 2.75 bits per heavy atom. The molecule has 0 bridgehead atoms. The largest absolute Gasteiger partial charge is 0.381 e. The molecule has 3 aliphatic carbocycles. The molecule has 0 aromatic rings. The first-order valence-electron chi connectivity index (χ1n) is 9.15. The molecule has 3 fully saturated rings. The lowest BCUT2D eigenvalue weighted by Gasteiger charge is -2.55. The van der Waals surface area contributed by atoms with Crippen LogP contribution in [0.1, 0.15) is 46.0 Å². The number of ether oxygens (including phenoxy) is 1. The van der Waals surface area contributed by atoms with Crippen molar-refractivity contribution in [3.05, 3.63) is 23.9 Å². The second-order valence-electron chi connectivity index (χ2n) is 8.53. The molecule has 0 aromatic heterocycles. The van der Waals surface area contributed by atoms with E-state index in [1.807, 2.05) is 0 Å². The van der Waals surface area contributed by atoms with Gasteiger partial charge in [-0.05, 0) is 37.5 Å². The molecule has 0 radical (unpaired) electrons. The molecule has 0 spiro atoms. The molecular formula is C20H27NO3. The number of nitrogens with one attached hydrogen (secondary N) is 1. The molecule has 0 aromatic carbocycles. The third kappa shape index (κ3) is 2.01. The van der Waals surface area contributed by atoms with Crippen molar-refractivity contribution in [2.45, 2.75) is 52.1 Å². The minimum atomic E-state index is -0.328. The number of allylic oxidation sites excluding steroid dienone is 2. The van der Waals surface area contributed by atoms with Crippen LogP contribution in [0.4, 0.5) is 0 Å². The van der Waals surface area contributed by atoms with Crippen molar-refractivity contribution in [3.63, 3.8) is 0 Å².